The first-order valence-corrected chi connectivity index (χ1v) is 14.5. The van der Waals surface area contributed by atoms with E-state index < -0.39 is 9.84 Å². The molecule has 4 aromatic rings. The number of nitrogens with one attached hydrogen (secondary N) is 1. The first kappa shape index (κ1) is 25.5. The van der Waals surface area contributed by atoms with Crippen molar-refractivity contribution in [3.05, 3.63) is 82.0 Å². The molecule has 0 fully saturated rings. The number of alkyl halides is 1. The molecule has 0 radical (unpaired) electrons. The molecule has 1 N–H and O–H groups in total. The first-order chi connectivity index (χ1) is 17.8. The molecule has 2 aromatic carbocycles. The Balaban J connectivity index is 1.41. The lowest BCUT2D eigenvalue weighted by Gasteiger charge is -2.26. The molecule has 37 heavy (non-hydrogen) atoms. The van der Waals surface area contributed by atoms with E-state index in [1.807, 2.05) is 22.9 Å². The molecule has 2 aromatic heterocycles. The Bertz CT molecular complexity index is 1650. The van der Waals surface area contributed by atoms with Gasteiger partial charge in [-0.3, -0.25) is 0 Å². The summed E-state index contributed by atoms with van der Waals surface area (Å²) in [5.41, 5.74) is 5.04. The van der Waals surface area contributed by atoms with Crippen LogP contribution in [0.3, 0.4) is 0 Å². The molecule has 0 spiro atoms. The van der Waals surface area contributed by atoms with Crippen molar-refractivity contribution in [3.8, 4) is 17.5 Å². The van der Waals surface area contributed by atoms with Crippen molar-refractivity contribution >= 4 is 43.9 Å². The molecule has 3 heterocycles. The van der Waals surface area contributed by atoms with Crippen molar-refractivity contribution in [2.24, 2.45) is 0 Å². The lowest BCUT2D eigenvalue weighted by atomic mass is 9.94. The van der Waals surface area contributed by atoms with E-state index >= 15 is 0 Å². The Morgan fingerprint density at radius 1 is 1.27 bits per heavy atom. The first-order valence-electron chi connectivity index (χ1n) is 11.5. The zero-order valence-corrected chi connectivity index (χ0v) is 22.2. The van der Waals surface area contributed by atoms with Crippen molar-refractivity contribution in [1.82, 2.24) is 19.9 Å². The van der Waals surface area contributed by atoms with E-state index in [9.17, 15) is 13.7 Å². The summed E-state index contributed by atoms with van der Waals surface area (Å²) in [4.78, 5) is 8.72. The molecule has 5 rings (SSSR count). The number of benzene rings is 2. The maximum atomic E-state index is 11.6. The van der Waals surface area contributed by atoms with Crippen molar-refractivity contribution in [3.63, 3.8) is 0 Å². The average molecular weight is 556 g/mol. The van der Waals surface area contributed by atoms with E-state index in [0.29, 0.717) is 41.0 Å². The van der Waals surface area contributed by atoms with Gasteiger partial charge in [-0.2, -0.15) is 5.26 Å². The Morgan fingerprint density at radius 3 is 2.86 bits per heavy atom. The van der Waals surface area contributed by atoms with Crippen molar-refractivity contribution in [2.75, 3.05) is 18.7 Å². The van der Waals surface area contributed by atoms with Gasteiger partial charge in [-0.15, -0.1) is 11.6 Å². The second-order valence-electron chi connectivity index (χ2n) is 8.92. The van der Waals surface area contributed by atoms with Crippen molar-refractivity contribution < 1.29 is 13.2 Å². The summed E-state index contributed by atoms with van der Waals surface area (Å²) in [7, 11) is -3.19. The molecular weight excluding hydrogens is 533 g/mol. The van der Waals surface area contributed by atoms with Crippen molar-refractivity contribution in [1.29, 1.82) is 5.26 Å². The van der Waals surface area contributed by atoms with Gasteiger partial charge in [-0.25, -0.2) is 18.4 Å². The monoisotopic (exact) mass is 555 g/mol. The number of halogens is 2. The van der Waals surface area contributed by atoms with Gasteiger partial charge in [0.2, 0.25) is 0 Å². The minimum absolute atomic E-state index is 0.0719. The fraction of sp³-hybridized carbons (Fsp3) is 0.269. The molecular formula is C26H23Cl2N5O3S. The van der Waals surface area contributed by atoms with Gasteiger partial charge in [0.05, 0.1) is 27.7 Å². The fourth-order valence-corrected chi connectivity index (χ4v) is 5.50. The van der Waals surface area contributed by atoms with Crippen LogP contribution in [0.1, 0.15) is 34.3 Å². The van der Waals surface area contributed by atoms with Crippen LogP contribution in [0.25, 0.3) is 16.6 Å². The van der Waals surface area contributed by atoms with E-state index in [-0.39, 0.29) is 18.4 Å². The van der Waals surface area contributed by atoms with Crippen LogP contribution >= 0.6 is 23.2 Å². The number of fused-ring (bicyclic) bond motifs is 2. The van der Waals surface area contributed by atoms with Gasteiger partial charge in [0.25, 0.3) is 0 Å². The molecule has 0 amide bonds. The molecule has 0 aliphatic carbocycles. The molecule has 0 bridgehead atoms. The maximum Gasteiger partial charge on any atom is 0.155 e. The lowest BCUT2D eigenvalue weighted by Crippen LogP contribution is -2.30. The number of rotatable bonds is 7. The summed E-state index contributed by atoms with van der Waals surface area (Å²) in [5, 5.41) is 14.5. The van der Waals surface area contributed by atoms with Gasteiger partial charge < -0.3 is 14.6 Å². The minimum Gasteiger partial charge on any atom is -0.489 e. The quantitative estimate of drug-likeness (QED) is 0.334. The Morgan fingerprint density at radius 2 is 2.11 bits per heavy atom. The van der Waals surface area contributed by atoms with Gasteiger partial charge in [0.1, 0.15) is 24.3 Å². The van der Waals surface area contributed by atoms with E-state index in [2.05, 4.69) is 33.5 Å². The Kier molecular flexibility index (Phi) is 7.10. The molecule has 1 aliphatic rings. The predicted molar refractivity (Wildman–Crippen MR) is 143 cm³/mol. The van der Waals surface area contributed by atoms with E-state index in [0.717, 1.165) is 33.4 Å². The number of hydrogen-bond acceptors (Lipinski definition) is 7. The molecule has 190 valence electrons. The van der Waals surface area contributed by atoms with Gasteiger partial charge in [0, 0.05) is 42.3 Å². The zero-order valence-electron chi connectivity index (χ0n) is 19.9. The zero-order chi connectivity index (χ0) is 26.2. The van der Waals surface area contributed by atoms with Crippen LogP contribution in [0.2, 0.25) is 5.02 Å². The summed E-state index contributed by atoms with van der Waals surface area (Å²) in [5.74, 6) is 0.791. The van der Waals surface area contributed by atoms with Gasteiger partial charge in [0.15, 0.2) is 15.6 Å². The third-order valence-electron chi connectivity index (χ3n) is 6.20. The minimum atomic E-state index is -3.19. The van der Waals surface area contributed by atoms with Crippen LogP contribution in [-0.2, 0) is 28.6 Å². The normalized spacial score (nSPS) is 15.4. The van der Waals surface area contributed by atoms with Crippen LogP contribution in [-0.4, -0.2) is 41.7 Å². The second kappa shape index (κ2) is 10.3. The molecule has 8 nitrogen and oxygen atoms in total. The van der Waals surface area contributed by atoms with Crippen LogP contribution < -0.4 is 10.1 Å². The topological polar surface area (TPSA) is 110 Å². The molecule has 0 saturated heterocycles. The smallest absolute Gasteiger partial charge is 0.155 e. The maximum absolute atomic E-state index is 11.6. The van der Waals surface area contributed by atoms with Gasteiger partial charge >= 0.3 is 0 Å². The van der Waals surface area contributed by atoms with Gasteiger partial charge in [-0.1, -0.05) is 17.7 Å². The number of aromatic nitrogens is 3. The third-order valence-corrected chi connectivity index (χ3v) is 7.42. The Labute approximate surface area is 224 Å². The number of ether oxygens (including phenoxy) is 1. The molecule has 0 saturated carbocycles. The average Bonchev–Trinajstić information content (AvgIpc) is 3.29. The van der Waals surface area contributed by atoms with Crippen LogP contribution in [0.4, 0.5) is 0 Å². The van der Waals surface area contributed by atoms with E-state index in [4.69, 9.17) is 27.9 Å². The standard InChI is InChI=1S/C26H23Cl2N5O3S/c1-37(34,35)15-25-31-13-19-10-22(30-14-23(19)32-25)16-2-3-24-17(8-16)4-6-33(24)20-9-18(12-29)26(21(28)11-20)36-7-5-27/h2-4,6,8-9,11,13,22,30H,5,7,10,14-15H2,1H3. The van der Waals surface area contributed by atoms with E-state index in [1.165, 1.54) is 6.26 Å². The highest BCUT2D eigenvalue weighted by Crippen LogP contribution is 2.34. The number of nitrogens with zero attached hydrogens (tertiary/aromatic N) is 4. The lowest BCUT2D eigenvalue weighted by molar-refractivity contribution is 0.342. The summed E-state index contributed by atoms with van der Waals surface area (Å²) in [6, 6.07) is 14.0. The van der Waals surface area contributed by atoms with Gasteiger partial charge in [-0.05, 0) is 47.9 Å². The fourth-order valence-electron chi connectivity index (χ4n) is 4.55. The highest BCUT2D eigenvalue weighted by atomic mass is 35.5. The van der Waals surface area contributed by atoms with E-state index in [1.54, 1.807) is 18.3 Å². The SMILES string of the molecule is CS(=O)(=O)Cc1ncc2c(n1)CNC(c1ccc3c(ccn3-c3cc(Cl)c(OCCCl)c(C#N)c3)c1)C2. The van der Waals surface area contributed by atoms with Crippen LogP contribution in [0.15, 0.2) is 48.8 Å². The summed E-state index contributed by atoms with van der Waals surface area (Å²) in [6.07, 6.45) is 5.56. The Hall–Kier alpha value is -3.16. The number of sulfone groups is 1. The predicted octanol–water partition coefficient (Wildman–Crippen LogP) is 4.49. The molecule has 1 atom stereocenters. The largest absolute Gasteiger partial charge is 0.489 e. The molecule has 1 unspecified atom stereocenters. The summed E-state index contributed by atoms with van der Waals surface area (Å²) in [6.45, 7) is 0.796. The van der Waals surface area contributed by atoms with Crippen LogP contribution in [0, 0.1) is 11.3 Å². The summed E-state index contributed by atoms with van der Waals surface area (Å²) < 4.78 is 30.7. The number of nitriles is 1. The van der Waals surface area contributed by atoms with Crippen LogP contribution in [0.5, 0.6) is 5.75 Å². The number of hydrogen-bond donors (Lipinski definition) is 1. The molecule has 1 aliphatic heterocycles. The van der Waals surface area contributed by atoms with Crippen molar-refractivity contribution in [2.45, 2.75) is 24.8 Å². The highest BCUT2D eigenvalue weighted by Gasteiger charge is 2.23. The molecule has 11 heteroatoms. The second-order valence-corrected chi connectivity index (χ2v) is 11.8. The highest BCUT2D eigenvalue weighted by molar-refractivity contribution is 7.89. The third kappa shape index (κ3) is 5.43. The summed E-state index contributed by atoms with van der Waals surface area (Å²) >= 11 is 12.2.